The standard InChI is InChI=1S/C13H19N2O9P/c1-2-7-4-15(13(20)14-12(7)19)10-3-8(16)9(24-10)5-23-25(21,22)6-11(17)18/h4,8-10,16H,2-3,5-6H2,1H3,(H,17,18)(H,21,22)(H,14,19,20)/t8-,9+,10+/m0/s1. The van der Waals surface area contributed by atoms with E-state index >= 15 is 0 Å². The highest BCUT2D eigenvalue weighted by Crippen LogP contribution is 2.42. The number of aromatic nitrogens is 2. The molecule has 4 atom stereocenters. The van der Waals surface area contributed by atoms with Gasteiger partial charge in [-0.15, -0.1) is 0 Å². The lowest BCUT2D eigenvalue weighted by Crippen LogP contribution is -2.34. The summed E-state index contributed by atoms with van der Waals surface area (Å²) in [5, 5.41) is 18.5. The smallest absolute Gasteiger partial charge is 0.339 e. The molecule has 0 bridgehead atoms. The van der Waals surface area contributed by atoms with Gasteiger partial charge in [-0.1, -0.05) is 6.92 Å². The van der Waals surface area contributed by atoms with E-state index in [1.54, 1.807) is 6.92 Å². The number of nitrogens with one attached hydrogen (secondary N) is 1. The maximum Gasteiger partial charge on any atom is 0.339 e. The van der Waals surface area contributed by atoms with E-state index in [0.29, 0.717) is 12.0 Å². The van der Waals surface area contributed by atoms with Gasteiger partial charge in [-0.05, 0) is 6.42 Å². The number of aliphatic carboxylic acids is 1. The Bertz CT molecular complexity index is 801. The summed E-state index contributed by atoms with van der Waals surface area (Å²) >= 11 is 0. The number of H-pyrrole nitrogens is 1. The highest BCUT2D eigenvalue weighted by molar-refractivity contribution is 7.53. The van der Waals surface area contributed by atoms with Gasteiger partial charge in [-0.2, -0.15) is 0 Å². The lowest BCUT2D eigenvalue weighted by molar-refractivity contribution is -0.134. The molecule has 1 fully saturated rings. The van der Waals surface area contributed by atoms with Crippen LogP contribution >= 0.6 is 7.60 Å². The van der Waals surface area contributed by atoms with Gasteiger partial charge >= 0.3 is 19.3 Å². The summed E-state index contributed by atoms with van der Waals surface area (Å²) in [6.07, 6.45) is -2.36. The number of hydrogen-bond acceptors (Lipinski definition) is 7. The minimum absolute atomic E-state index is 0.00219. The minimum Gasteiger partial charge on any atom is -0.481 e. The summed E-state index contributed by atoms with van der Waals surface area (Å²) in [6, 6.07) is 0. The van der Waals surface area contributed by atoms with Crippen molar-refractivity contribution in [3.8, 4) is 0 Å². The molecule has 0 radical (unpaired) electrons. The first-order chi connectivity index (χ1) is 11.6. The normalized spacial score (nSPS) is 25.6. The van der Waals surface area contributed by atoms with Crippen molar-refractivity contribution in [3.05, 3.63) is 32.6 Å². The predicted molar refractivity (Wildman–Crippen MR) is 83.5 cm³/mol. The first-order valence-electron chi connectivity index (χ1n) is 7.49. The largest absolute Gasteiger partial charge is 0.481 e. The van der Waals surface area contributed by atoms with Crippen molar-refractivity contribution in [1.29, 1.82) is 0 Å². The summed E-state index contributed by atoms with van der Waals surface area (Å²) in [4.78, 5) is 45.5. The Kier molecular flexibility index (Phi) is 5.96. The van der Waals surface area contributed by atoms with Crippen LogP contribution in [0.2, 0.25) is 0 Å². The molecule has 1 aromatic heterocycles. The van der Waals surface area contributed by atoms with Crippen LogP contribution in [-0.4, -0.2) is 55.6 Å². The zero-order valence-electron chi connectivity index (χ0n) is 13.3. The molecule has 2 heterocycles. The second-order valence-corrected chi connectivity index (χ2v) is 7.44. The molecule has 1 saturated heterocycles. The van der Waals surface area contributed by atoms with Gasteiger partial charge in [0, 0.05) is 18.2 Å². The highest BCUT2D eigenvalue weighted by atomic mass is 31.2. The third kappa shape index (κ3) is 4.86. The molecule has 140 valence electrons. The van der Waals surface area contributed by atoms with Crippen LogP contribution in [-0.2, 0) is 25.0 Å². The Hall–Kier alpha value is -1.78. The Labute approximate surface area is 141 Å². The molecule has 0 saturated carbocycles. The SMILES string of the molecule is CCc1cn([C@H]2C[C@H](O)[C@@H](COP(=O)(O)CC(=O)O)O2)c(=O)[nH]c1=O. The number of aliphatic hydroxyl groups excluding tert-OH is 1. The molecule has 0 spiro atoms. The molecule has 0 aromatic carbocycles. The number of carboxylic acid groups (broad SMARTS) is 1. The van der Waals surface area contributed by atoms with Crippen LogP contribution in [0.15, 0.2) is 15.8 Å². The zero-order chi connectivity index (χ0) is 18.8. The van der Waals surface area contributed by atoms with Crippen molar-refractivity contribution in [2.45, 2.75) is 38.2 Å². The van der Waals surface area contributed by atoms with Crippen LogP contribution in [0.25, 0.3) is 0 Å². The van der Waals surface area contributed by atoms with Crippen LogP contribution in [0.4, 0.5) is 0 Å². The van der Waals surface area contributed by atoms with Crippen LogP contribution < -0.4 is 11.2 Å². The average Bonchev–Trinajstić information content (AvgIpc) is 2.85. The van der Waals surface area contributed by atoms with E-state index in [2.05, 4.69) is 9.51 Å². The van der Waals surface area contributed by atoms with Crippen molar-refractivity contribution in [3.63, 3.8) is 0 Å². The van der Waals surface area contributed by atoms with Crippen molar-refractivity contribution in [1.82, 2.24) is 9.55 Å². The number of ether oxygens (including phenoxy) is 1. The van der Waals surface area contributed by atoms with Gasteiger partial charge in [0.25, 0.3) is 5.56 Å². The van der Waals surface area contributed by atoms with Crippen LogP contribution in [0.1, 0.15) is 25.1 Å². The second kappa shape index (κ2) is 7.63. The molecule has 1 unspecified atom stereocenters. The maximum atomic E-state index is 11.9. The van der Waals surface area contributed by atoms with Gasteiger partial charge in [0.15, 0.2) is 0 Å². The number of hydrogen-bond donors (Lipinski definition) is 4. The van der Waals surface area contributed by atoms with E-state index < -0.39 is 56.0 Å². The Balaban J connectivity index is 2.09. The summed E-state index contributed by atoms with van der Waals surface area (Å²) in [6.45, 7) is 1.22. The molecule has 0 amide bonds. The molecular weight excluding hydrogens is 359 g/mol. The summed E-state index contributed by atoms with van der Waals surface area (Å²) in [5.41, 5.74) is -0.851. The molecule has 0 aliphatic carbocycles. The minimum atomic E-state index is -4.35. The van der Waals surface area contributed by atoms with Crippen molar-refractivity contribution in [2.75, 3.05) is 12.8 Å². The fourth-order valence-electron chi connectivity index (χ4n) is 2.44. The first kappa shape index (κ1) is 19.5. The Morgan fingerprint density at radius 1 is 1.52 bits per heavy atom. The molecule has 25 heavy (non-hydrogen) atoms. The van der Waals surface area contributed by atoms with Crippen molar-refractivity contribution in [2.24, 2.45) is 0 Å². The van der Waals surface area contributed by atoms with E-state index in [1.807, 2.05) is 0 Å². The van der Waals surface area contributed by atoms with Gasteiger partial charge in [-0.3, -0.25) is 23.7 Å². The number of aromatic amines is 1. The molecule has 1 aliphatic rings. The van der Waals surface area contributed by atoms with Crippen LogP contribution in [0, 0.1) is 0 Å². The van der Waals surface area contributed by atoms with Gasteiger partial charge in [-0.25, -0.2) is 4.79 Å². The van der Waals surface area contributed by atoms with Crippen molar-refractivity contribution >= 4 is 13.6 Å². The highest BCUT2D eigenvalue weighted by Gasteiger charge is 2.37. The quantitative estimate of drug-likeness (QED) is 0.436. The Morgan fingerprint density at radius 2 is 2.20 bits per heavy atom. The van der Waals surface area contributed by atoms with Gasteiger partial charge in [0.2, 0.25) is 0 Å². The van der Waals surface area contributed by atoms with Crippen LogP contribution in [0.3, 0.4) is 0 Å². The molecule has 1 aromatic rings. The average molecular weight is 378 g/mol. The number of nitrogens with zero attached hydrogens (tertiary/aromatic N) is 1. The van der Waals surface area contributed by atoms with Crippen LogP contribution in [0.5, 0.6) is 0 Å². The van der Waals surface area contributed by atoms with Gasteiger partial charge < -0.3 is 24.4 Å². The number of rotatable bonds is 7. The second-order valence-electron chi connectivity index (χ2n) is 5.59. The lowest BCUT2D eigenvalue weighted by Gasteiger charge is -2.18. The summed E-state index contributed by atoms with van der Waals surface area (Å²) in [7, 11) is -4.35. The maximum absolute atomic E-state index is 11.9. The van der Waals surface area contributed by atoms with E-state index in [9.17, 15) is 28.9 Å². The number of aliphatic hydroxyl groups is 1. The van der Waals surface area contributed by atoms with E-state index in [0.717, 1.165) is 4.57 Å². The predicted octanol–water partition coefficient (Wildman–Crippen LogP) is -0.966. The number of carboxylic acids is 1. The van der Waals surface area contributed by atoms with Crippen molar-refractivity contribution < 1.29 is 33.7 Å². The van der Waals surface area contributed by atoms with E-state index in [1.165, 1.54) is 6.20 Å². The van der Waals surface area contributed by atoms with E-state index in [-0.39, 0.29) is 6.42 Å². The molecule has 2 rings (SSSR count). The fourth-order valence-corrected chi connectivity index (χ4v) is 3.25. The molecule has 1 aliphatic heterocycles. The molecular formula is C13H19N2O9P. The fraction of sp³-hybridized carbons (Fsp3) is 0.615. The molecule has 12 heteroatoms. The molecule has 11 nitrogen and oxygen atoms in total. The van der Waals surface area contributed by atoms with Gasteiger partial charge in [0.05, 0.1) is 12.7 Å². The van der Waals surface area contributed by atoms with E-state index in [4.69, 9.17) is 9.84 Å². The topological polar surface area (TPSA) is 168 Å². The third-order valence-electron chi connectivity index (χ3n) is 3.71. The number of aryl methyl sites for hydroxylation is 1. The zero-order valence-corrected chi connectivity index (χ0v) is 14.2. The molecule has 4 N–H and O–H groups in total. The summed E-state index contributed by atoms with van der Waals surface area (Å²) in [5.74, 6) is -1.50. The third-order valence-corrected chi connectivity index (χ3v) is 4.94. The lowest BCUT2D eigenvalue weighted by atomic mass is 10.2. The first-order valence-corrected chi connectivity index (χ1v) is 9.25. The summed E-state index contributed by atoms with van der Waals surface area (Å²) < 4.78 is 22.8. The van der Waals surface area contributed by atoms with Gasteiger partial charge in [0.1, 0.15) is 18.5 Å². The Morgan fingerprint density at radius 3 is 2.80 bits per heavy atom. The monoisotopic (exact) mass is 378 g/mol. The number of carbonyl (C=O) groups is 1.